The Morgan fingerprint density at radius 1 is 1.26 bits per heavy atom. The summed E-state index contributed by atoms with van der Waals surface area (Å²) >= 11 is 0. The second-order valence-corrected chi connectivity index (χ2v) is 5.08. The maximum atomic E-state index is 9.88. The summed E-state index contributed by atoms with van der Waals surface area (Å²) in [5, 5.41) is 24.7. The Morgan fingerprint density at radius 2 is 2.05 bits per heavy atom. The topological polar surface area (TPSA) is 92.5 Å². The molecule has 1 aromatic carbocycles. The van der Waals surface area contributed by atoms with Crippen LogP contribution in [0.25, 0.3) is 22.4 Å². The van der Waals surface area contributed by atoms with Gasteiger partial charge in [0.2, 0.25) is 0 Å². The first-order chi connectivity index (χ1) is 9.03. The van der Waals surface area contributed by atoms with E-state index >= 15 is 0 Å². The summed E-state index contributed by atoms with van der Waals surface area (Å²) in [6.45, 7) is 3.85. The van der Waals surface area contributed by atoms with Crippen LogP contribution in [-0.4, -0.2) is 40.9 Å². The number of fused-ring (bicyclic) bond motifs is 1. The lowest BCUT2D eigenvalue weighted by Crippen LogP contribution is -2.27. The zero-order valence-corrected chi connectivity index (χ0v) is 10.7. The van der Waals surface area contributed by atoms with Gasteiger partial charge >= 0.3 is 0 Å². The molecule has 3 aromatic rings. The Bertz CT molecular complexity index is 708. The SMILES string of the molecule is CC(C)(O)Cn1ncnc1-c1ccc2n[nH]nc2c1. The number of benzene rings is 1. The Kier molecular flexibility index (Phi) is 2.56. The van der Waals surface area contributed by atoms with Gasteiger partial charge in [-0.1, -0.05) is 0 Å². The predicted octanol–water partition coefficient (Wildman–Crippen LogP) is 0.987. The number of aliphatic hydroxyl groups is 1. The van der Waals surface area contributed by atoms with Crippen LogP contribution >= 0.6 is 0 Å². The smallest absolute Gasteiger partial charge is 0.158 e. The lowest BCUT2D eigenvalue weighted by atomic mass is 10.1. The van der Waals surface area contributed by atoms with Crippen molar-refractivity contribution in [3.8, 4) is 11.4 Å². The van der Waals surface area contributed by atoms with Gasteiger partial charge in [-0.3, -0.25) is 0 Å². The lowest BCUT2D eigenvalue weighted by Gasteiger charge is -2.17. The number of aromatic nitrogens is 6. The first kappa shape index (κ1) is 11.8. The molecule has 0 radical (unpaired) electrons. The molecule has 2 aromatic heterocycles. The van der Waals surface area contributed by atoms with E-state index < -0.39 is 5.60 Å². The second-order valence-electron chi connectivity index (χ2n) is 5.08. The van der Waals surface area contributed by atoms with Crippen molar-refractivity contribution >= 4 is 11.0 Å². The molecule has 2 heterocycles. The van der Waals surface area contributed by atoms with Crippen molar-refractivity contribution in [1.29, 1.82) is 0 Å². The fourth-order valence-corrected chi connectivity index (χ4v) is 1.95. The van der Waals surface area contributed by atoms with Crippen molar-refractivity contribution in [3.05, 3.63) is 24.5 Å². The standard InChI is InChI=1S/C12H14N6O/c1-12(2,19)6-18-11(13-7-14-18)8-3-4-9-10(5-8)16-17-15-9/h3-5,7,19H,6H2,1-2H3,(H,15,16,17). The Hall–Kier alpha value is -2.28. The number of rotatable bonds is 3. The molecule has 98 valence electrons. The van der Waals surface area contributed by atoms with Gasteiger partial charge in [-0.05, 0) is 32.0 Å². The highest BCUT2D eigenvalue weighted by atomic mass is 16.3. The minimum Gasteiger partial charge on any atom is -0.389 e. The number of hydrogen-bond acceptors (Lipinski definition) is 5. The van der Waals surface area contributed by atoms with Crippen molar-refractivity contribution in [1.82, 2.24) is 30.2 Å². The van der Waals surface area contributed by atoms with Gasteiger partial charge in [0.25, 0.3) is 0 Å². The van der Waals surface area contributed by atoms with E-state index in [1.807, 2.05) is 18.2 Å². The van der Waals surface area contributed by atoms with Crippen LogP contribution in [0.5, 0.6) is 0 Å². The van der Waals surface area contributed by atoms with E-state index in [-0.39, 0.29) is 0 Å². The number of nitrogens with one attached hydrogen (secondary N) is 1. The molecular weight excluding hydrogens is 244 g/mol. The third-order valence-corrected chi connectivity index (χ3v) is 2.73. The first-order valence-corrected chi connectivity index (χ1v) is 5.94. The average Bonchev–Trinajstić information content (AvgIpc) is 2.93. The molecule has 0 aliphatic carbocycles. The van der Waals surface area contributed by atoms with Gasteiger partial charge in [0.05, 0.1) is 12.1 Å². The maximum Gasteiger partial charge on any atom is 0.158 e. The molecule has 0 spiro atoms. The molecule has 0 atom stereocenters. The van der Waals surface area contributed by atoms with Crippen LogP contribution in [0.3, 0.4) is 0 Å². The minimum absolute atomic E-state index is 0.374. The lowest BCUT2D eigenvalue weighted by molar-refractivity contribution is 0.0582. The quantitative estimate of drug-likeness (QED) is 0.730. The zero-order chi connectivity index (χ0) is 13.5. The molecule has 0 aliphatic heterocycles. The molecule has 3 rings (SSSR count). The summed E-state index contributed by atoms with van der Waals surface area (Å²) in [7, 11) is 0. The van der Waals surface area contributed by atoms with E-state index in [4.69, 9.17) is 0 Å². The monoisotopic (exact) mass is 258 g/mol. The van der Waals surface area contributed by atoms with E-state index in [1.54, 1.807) is 18.5 Å². The van der Waals surface area contributed by atoms with Gasteiger partial charge in [0, 0.05) is 5.56 Å². The summed E-state index contributed by atoms with van der Waals surface area (Å²) in [5.41, 5.74) is 1.62. The fraction of sp³-hybridized carbons (Fsp3) is 0.333. The minimum atomic E-state index is -0.847. The van der Waals surface area contributed by atoms with E-state index in [0.29, 0.717) is 12.4 Å². The number of nitrogens with zero attached hydrogens (tertiary/aromatic N) is 5. The van der Waals surface area contributed by atoms with Gasteiger partial charge in [-0.15, -0.1) is 0 Å². The summed E-state index contributed by atoms with van der Waals surface area (Å²) in [6.07, 6.45) is 1.48. The van der Waals surface area contributed by atoms with Crippen LogP contribution in [0, 0.1) is 0 Å². The third kappa shape index (κ3) is 2.32. The summed E-state index contributed by atoms with van der Waals surface area (Å²) in [4.78, 5) is 4.24. The van der Waals surface area contributed by atoms with Crippen LogP contribution < -0.4 is 0 Å². The maximum absolute atomic E-state index is 9.88. The van der Waals surface area contributed by atoms with Crippen molar-refractivity contribution in [2.75, 3.05) is 0 Å². The van der Waals surface area contributed by atoms with Crippen LogP contribution in [-0.2, 0) is 6.54 Å². The summed E-state index contributed by atoms with van der Waals surface area (Å²) < 4.78 is 1.68. The number of H-pyrrole nitrogens is 1. The molecule has 0 fully saturated rings. The molecule has 0 aliphatic rings. The fourth-order valence-electron chi connectivity index (χ4n) is 1.95. The average molecular weight is 258 g/mol. The van der Waals surface area contributed by atoms with Gasteiger partial charge in [-0.2, -0.15) is 20.5 Å². The predicted molar refractivity (Wildman–Crippen MR) is 69.2 cm³/mol. The zero-order valence-electron chi connectivity index (χ0n) is 10.7. The molecule has 0 saturated heterocycles. The van der Waals surface area contributed by atoms with Gasteiger partial charge in [0.1, 0.15) is 17.4 Å². The third-order valence-electron chi connectivity index (χ3n) is 2.73. The molecule has 7 heteroatoms. The number of aromatic amines is 1. The number of hydrogen-bond donors (Lipinski definition) is 2. The van der Waals surface area contributed by atoms with Gasteiger partial charge < -0.3 is 5.11 Å². The molecule has 2 N–H and O–H groups in total. The molecule has 19 heavy (non-hydrogen) atoms. The largest absolute Gasteiger partial charge is 0.389 e. The van der Waals surface area contributed by atoms with Crippen molar-refractivity contribution in [2.24, 2.45) is 0 Å². The second kappa shape index (κ2) is 4.13. The normalized spacial score (nSPS) is 12.2. The van der Waals surface area contributed by atoms with E-state index in [1.165, 1.54) is 6.33 Å². The highest BCUT2D eigenvalue weighted by Gasteiger charge is 2.17. The molecule has 7 nitrogen and oxygen atoms in total. The van der Waals surface area contributed by atoms with Crippen molar-refractivity contribution in [3.63, 3.8) is 0 Å². The van der Waals surface area contributed by atoms with E-state index in [0.717, 1.165) is 16.6 Å². The van der Waals surface area contributed by atoms with Crippen LogP contribution in [0.15, 0.2) is 24.5 Å². The van der Waals surface area contributed by atoms with E-state index in [9.17, 15) is 5.11 Å². The highest BCUT2D eigenvalue weighted by molar-refractivity contribution is 5.79. The van der Waals surface area contributed by atoms with Crippen molar-refractivity contribution in [2.45, 2.75) is 26.0 Å². The molecule has 0 saturated carbocycles. The van der Waals surface area contributed by atoms with Gasteiger partial charge in [-0.25, -0.2) is 9.67 Å². The van der Waals surface area contributed by atoms with Crippen LogP contribution in [0.1, 0.15) is 13.8 Å². The first-order valence-electron chi connectivity index (χ1n) is 5.94. The summed E-state index contributed by atoms with van der Waals surface area (Å²) in [5.74, 6) is 0.701. The Morgan fingerprint density at radius 3 is 2.84 bits per heavy atom. The molecule has 0 unspecified atom stereocenters. The van der Waals surface area contributed by atoms with Crippen LogP contribution in [0.4, 0.5) is 0 Å². The molecule has 0 amide bonds. The Labute approximate surface area is 109 Å². The highest BCUT2D eigenvalue weighted by Crippen LogP contribution is 2.21. The van der Waals surface area contributed by atoms with Crippen molar-refractivity contribution < 1.29 is 5.11 Å². The molecule has 0 bridgehead atoms. The molecular formula is C12H14N6O. The van der Waals surface area contributed by atoms with Gasteiger partial charge in [0.15, 0.2) is 5.82 Å². The van der Waals surface area contributed by atoms with Crippen LogP contribution in [0.2, 0.25) is 0 Å². The van der Waals surface area contributed by atoms with E-state index in [2.05, 4.69) is 25.5 Å². The Balaban J connectivity index is 2.04. The summed E-state index contributed by atoms with van der Waals surface area (Å²) in [6, 6.07) is 5.68.